The molecule has 1 aliphatic rings. The van der Waals surface area contributed by atoms with Gasteiger partial charge in [-0.2, -0.15) is 0 Å². The van der Waals surface area contributed by atoms with Crippen molar-refractivity contribution in [2.24, 2.45) is 11.3 Å². The monoisotopic (exact) mass is 494 g/mol. The second-order valence-corrected chi connectivity index (χ2v) is 11.2. The first kappa shape index (κ1) is 22.6. The molecule has 0 unspecified atom stereocenters. The van der Waals surface area contributed by atoms with Crippen molar-refractivity contribution in [2.45, 2.75) is 39.0 Å². The van der Waals surface area contributed by atoms with Crippen molar-refractivity contribution in [3.63, 3.8) is 0 Å². The lowest BCUT2D eigenvalue weighted by atomic mass is 9.92. The number of benzene rings is 2. The van der Waals surface area contributed by atoms with E-state index in [1.165, 1.54) is 12.1 Å². The fourth-order valence-electron chi connectivity index (χ4n) is 3.15. The Bertz CT molecular complexity index is 1030. The van der Waals surface area contributed by atoms with E-state index in [0.29, 0.717) is 29.6 Å². The second kappa shape index (κ2) is 8.59. The Morgan fingerprint density at radius 3 is 2.47 bits per heavy atom. The van der Waals surface area contributed by atoms with E-state index < -0.39 is 15.4 Å². The van der Waals surface area contributed by atoms with E-state index in [1.54, 1.807) is 35.2 Å². The summed E-state index contributed by atoms with van der Waals surface area (Å²) in [6.45, 7) is 8.74. The summed E-state index contributed by atoms with van der Waals surface area (Å²) in [4.78, 5) is 15.1. The Morgan fingerprint density at radius 1 is 1.17 bits per heavy atom. The highest BCUT2D eigenvalue weighted by molar-refractivity contribution is 9.10. The van der Waals surface area contributed by atoms with E-state index in [-0.39, 0.29) is 17.4 Å². The van der Waals surface area contributed by atoms with Gasteiger partial charge in [0.1, 0.15) is 12.4 Å². The molecule has 1 aliphatic heterocycles. The smallest absolute Gasteiger partial charge is 0.261 e. The Balaban J connectivity index is 1.96. The first-order valence-corrected chi connectivity index (χ1v) is 12.1. The van der Waals surface area contributed by atoms with Crippen LogP contribution in [0.4, 0.5) is 11.4 Å². The molecule has 0 radical (unpaired) electrons. The molecule has 0 aromatic heterocycles. The van der Waals surface area contributed by atoms with Crippen LogP contribution in [0.3, 0.4) is 0 Å². The van der Waals surface area contributed by atoms with E-state index in [0.717, 1.165) is 10.9 Å². The van der Waals surface area contributed by atoms with Crippen LogP contribution in [0.15, 0.2) is 51.8 Å². The zero-order chi connectivity index (χ0) is 22.1. The summed E-state index contributed by atoms with van der Waals surface area (Å²) in [5.41, 5.74) is 0.289. The molecule has 0 saturated heterocycles. The maximum Gasteiger partial charge on any atom is 0.261 e. The number of anilines is 2. The highest BCUT2D eigenvalue weighted by atomic mass is 79.9. The van der Waals surface area contributed by atoms with Crippen LogP contribution in [0.2, 0.25) is 0 Å². The lowest BCUT2D eigenvalue weighted by molar-refractivity contribution is -0.127. The number of carbonyl (C=O) groups is 1. The average Bonchev–Trinajstić information content (AvgIpc) is 2.75. The van der Waals surface area contributed by atoms with Crippen molar-refractivity contribution in [1.29, 1.82) is 0 Å². The fraction of sp³-hybridized carbons (Fsp3) is 0.409. The largest absolute Gasteiger partial charge is 0.490 e. The minimum atomic E-state index is -3.76. The van der Waals surface area contributed by atoms with Crippen LogP contribution in [0.25, 0.3) is 0 Å². The number of sulfonamides is 1. The van der Waals surface area contributed by atoms with Crippen LogP contribution in [-0.2, 0) is 14.8 Å². The molecule has 0 fully saturated rings. The molecule has 1 heterocycles. The van der Waals surface area contributed by atoms with E-state index in [9.17, 15) is 13.2 Å². The molecule has 8 heteroatoms. The first-order chi connectivity index (χ1) is 14.0. The van der Waals surface area contributed by atoms with Gasteiger partial charge >= 0.3 is 0 Å². The molecule has 30 heavy (non-hydrogen) atoms. The van der Waals surface area contributed by atoms with Gasteiger partial charge in [-0.25, -0.2) is 8.42 Å². The van der Waals surface area contributed by atoms with Crippen LogP contribution < -0.4 is 14.4 Å². The zero-order valence-corrected chi connectivity index (χ0v) is 20.0. The number of halogens is 1. The minimum absolute atomic E-state index is 0.0326. The van der Waals surface area contributed by atoms with Crippen molar-refractivity contribution in [1.82, 2.24) is 0 Å². The van der Waals surface area contributed by atoms with Gasteiger partial charge in [0.15, 0.2) is 0 Å². The summed E-state index contributed by atoms with van der Waals surface area (Å²) in [5, 5.41) is 0. The molecular weight excluding hydrogens is 468 g/mol. The molecule has 0 atom stereocenters. The van der Waals surface area contributed by atoms with E-state index in [1.807, 2.05) is 13.8 Å². The van der Waals surface area contributed by atoms with E-state index in [4.69, 9.17) is 4.74 Å². The molecule has 0 aliphatic carbocycles. The number of hydrogen-bond donors (Lipinski definition) is 1. The number of fused-ring (bicyclic) bond motifs is 1. The highest BCUT2D eigenvalue weighted by Crippen LogP contribution is 2.39. The van der Waals surface area contributed by atoms with Gasteiger partial charge in [0.2, 0.25) is 5.91 Å². The number of rotatable bonds is 6. The number of amides is 1. The minimum Gasteiger partial charge on any atom is -0.490 e. The number of nitrogens with zero attached hydrogens (tertiary/aromatic N) is 1. The third-order valence-electron chi connectivity index (χ3n) is 4.97. The lowest BCUT2D eigenvalue weighted by Gasteiger charge is -2.28. The van der Waals surface area contributed by atoms with Gasteiger partial charge in [-0.15, -0.1) is 0 Å². The molecule has 0 saturated carbocycles. The maximum absolute atomic E-state index is 13.2. The summed E-state index contributed by atoms with van der Waals surface area (Å²) < 4.78 is 34.9. The van der Waals surface area contributed by atoms with Crippen LogP contribution in [0.1, 0.15) is 34.1 Å². The average molecular weight is 495 g/mol. The standard InChI is InChI=1S/C22H27BrN2O4S/c1-15(2)11-12-25-19-13-17(7-10-20(19)29-14-22(3,4)21(25)26)24-30(27,28)18-8-5-16(23)6-9-18/h5-10,13,15,24H,11-12,14H2,1-4H3. The van der Waals surface area contributed by atoms with Crippen LogP contribution in [-0.4, -0.2) is 27.5 Å². The van der Waals surface area contributed by atoms with E-state index in [2.05, 4.69) is 34.5 Å². The topological polar surface area (TPSA) is 75.7 Å². The lowest BCUT2D eigenvalue weighted by Crippen LogP contribution is -2.42. The normalized spacial score (nSPS) is 16.1. The summed E-state index contributed by atoms with van der Waals surface area (Å²) in [7, 11) is -3.76. The predicted octanol–water partition coefficient (Wildman–Crippen LogP) is 5.05. The van der Waals surface area contributed by atoms with Gasteiger partial charge in [0.25, 0.3) is 10.0 Å². The Labute approximate surface area is 186 Å². The second-order valence-electron chi connectivity index (χ2n) is 8.55. The van der Waals surface area contributed by atoms with Gasteiger partial charge in [-0.1, -0.05) is 29.8 Å². The number of hydrogen-bond acceptors (Lipinski definition) is 4. The summed E-state index contributed by atoms with van der Waals surface area (Å²) in [6, 6.07) is 11.4. The molecule has 162 valence electrons. The third kappa shape index (κ3) is 4.98. The summed E-state index contributed by atoms with van der Waals surface area (Å²) in [6.07, 6.45) is 0.829. The van der Waals surface area contributed by atoms with Crippen molar-refractivity contribution in [2.75, 3.05) is 22.8 Å². The van der Waals surface area contributed by atoms with Crippen LogP contribution >= 0.6 is 15.9 Å². The summed E-state index contributed by atoms with van der Waals surface area (Å²) in [5.74, 6) is 0.965. The maximum atomic E-state index is 13.2. The van der Waals surface area contributed by atoms with E-state index >= 15 is 0 Å². The molecule has 6 nitrogen and oxygen atoms in total. The van der Waals surface area contributed by atoms with Gasteiger partial charge < -0.3 is 9.64 Å². The number of ether oxygens (including phenoxy) is 1. The van der Waals surface area contributed by atoms with Gasteiger partial charge in [-0.3, -0.25) is 9.52 Å². The van der Waals surface area contributed by atoms with Gasteiger partial charge in [0.05, 0.1) is 21.7 Å². The number of carbonyl (C=O) groups excluding carboxylic acids is 1. The molecule has 0 spiro atoms. The molecule has 2 aromatic carbocycles. The van der Waals surface area contributed by atoms with Crippen molar-refractivity contribution >= 4 is 43.2 Å². The van der Waals surface area contributed by atoms with Gasteiger partial charge in [0, 0.05) is 11.0 Å². The Morgan fingerprint density at radius 2 is 1.83 bits per heavy atom. The van der Waals surface area contributed by atoms with Crippen molar-refractivity contribution in [3.8, 4) is 5.75 Å². The van der Waals surface area contributed by atoms with Crippen LogP contribution in [0.5, 0.6) is 5.75 Å². The van der Waals surface area contributed by atoms with Crippen molar-refractivity contribution < 1.29 is 17.9 Å². The van der Waals surface area contributed by atoms with Crippen molar-refractivity contribution in [3.05, 3.63) is 46.9 Å². The molecule has 1 amide bonds. The molecule has 1 N–H and O–H groups in total. The zero-order valence-electron chi connectivity index (χ0n) is 17.6. The first-order valence-electron chi connectivity index (χ1n) is 9.87. The molecule has 3 rings (SSSR count). The Kier molecular flexibility index (Phi) is 6.48. The third-order valence-corrected chi connectivity index (χ3v) is 6.89. The summed E-state index contributed by atoms with van der Waals surface area (Å²) >= 11 is 3.31. The van der Waals surface area contributed by atoms with Crippen LogP contribution in [0, 0.1) is 11.3 Å². The quantitative estimate of drug-likeness (QED) is 0.609. The Hall–Kier alpha value is -2.06. The highest BCUT2D eigenvalue weighted by Gasteiger charge is 2.37. The predicted molar refractivity (Wildman–Crippen MR) is 122 cm³/mol. The molecule has 0 bridgehead atoms. The fourth-order valence-corrected chi connectivity index (χ4v) is 4.46. The molecular formula is C22H27BrN2O4S. The number of nitrogens with one attached hydrogen (secondary N) is 1. The SMILES string of the molecule is CC(C)CCN1C(=O)C(C)(C)COc2ccc(NS(=O)(=O)c3ccc(Br)cc3)cc21. The van der Waals surface area contributed by atoms with Gasteiger partial charge in [-0.05, 0) is 68.7 Å². The molecule has 2 aromatic rings.